The highest BCUT2D eigenvalue weighted by Crippen LogP contribution is 2.24. The molecule has 1 aromatic heterocycles. The minimum atomic E-state index is -0.235. The van der Waals surface area contributed by atoms with Crippen LogP contribution in [0.3, 0.4) is 0 Å². The van der Waals surface area contributed by atoms with Crippen molar-refractivity contribution in [3.05, 3.63) is 59.1 Å². The molecule has 4 rings (SSSR count). The molecular formula is C22H25N3OS. The standard InChI is InChI=1S/C22H25N3OS/c1-15(22(26)24-17-6-2-3-7-17)23-18-12-10-16(11-13-18)14-21-25-19-8-4-5-9-20(19)27-21/h4-5,8-13,15,17,23H,2-3,6-7,14H2,1H3,(H,24,26)/t15-/m1/s1. The van der Waals surface area contributed by atoms with Crippen molar-refractivity contribution in [3.8, 4) is 0 Å². The summed E-state index contributed by atoms with van der Waals surface area (Å²) in [4.78, 5) is 17.0. The monoisotopic (exact) mass is 379 g/mol. The molecule has 0 radical (unpaired) electrons. The van der Waals surface area contributed by atoms with Crippen LogP contribution in [0.25, 0.3) is 10.2 Å². The van der Waals surface area contributed by atoms with Crippen LogP contribution in [0.2, 0.25) is 0 Å². The van der Waals surface area contributed by atoms with Crippen molar-refractivity contribution in [1.82, 2.24) is 10.3 Å². The van der Waals surface area contributed by atoms with Gasteiger partial charge < -0.3 is 10.6 Å². The van der Waals surface area contributed by atoms with Gasteiger partial charge in [-0.1, -0.05) is 37.1 Å². The molecule has 0 spiro atoms. The first kappa shape index (κ1) is 18.0. The molecular weight excluding hydrogens is 354 g/mol. The first-order valence-electron chi connectivity index (χ1n) is 9.68. The Morgan fingerprint density at radius 2 is 1.89 bits per heavy atom. The number of para-hydroxylation sites is 1. The Morgan fingerprint density at radius 3 is 2.63 bits per heavy atom. The molecule has 1 aliphatic carbocycles. The minimum absolute atomic E-state index is 0.0838. The third-order valence-corrected chi connectivity index (χ3v) is 6.16. The van der Waals surface area contributed by atoms with Crippen LogP contribution >= 0.6 is 11.3 Å². The third-order valence-electron chi connectivity index (χ3n) is 5.13. The van der Waals surface area contributed by atoms with Crippen LogP contribution in [0.4, 0.5) is 5.69 Å². The van der Waals surface area contributed by atoms with Gasteiger partial charge in [-0.25, -0.2) is 4.98 Å². The number of nitrogens with zero attached hydrogens (tertiary/aromatic N) is 1. The number of carbonyl (C=O) groups is 1. The van der Waals surface area contributed by atoms with Crippen LogP contribution in [0.1, 0.15) is 43.2 Å². The Bertz CT molecular complexity index is 880. The molecule has 1 heterocycles. The van der Waals surface area contributed by atoms with E-state index in [0.29, 0.717) is 6.04 Å². The maximum atomic E-state index is 12.3. The largest absolute Gasteiger partial charge is 0.374 e. The maximum absolute atomic E-state index is 12.3. The number of aromatic nitrogens is 1. The molecule has 140 valence electrons. The lowest BCUT2D eigenvalue weighted by Crippen LogP contribution is -2.42. The van der Waals surface area contributed by atoms with E-state index in [1.165, 1.54) is 23.1 Å². The van der Waals surface area contributed by atoms with Crippen molar-refractivity contribution in [1.29, 1.82) is 0 Å². The van der Waals surface area contributed by atoms with Gasteiger partial charge in [0.25, 0.3) is 0 Å². The second kappa shape index (κ2) is 8.09. The Kier molecular flexibility index (Phi) is 5.39. The van der Waals surface area contributed by atoms with Gasteiger partial charge >= 0.3 is 0 Å². The van der Waals surface area contributed by atoms with Crippen molar-refractivity contribution < 1.29 is 4.79 Å². The molecule has 5 heteroatoms. The number of hydrogen-bond acceptors (Lipinski definition) is 4. The SMILES string of the molecule is C[C@@H](Nc1ccc(Cc2nc3ccccc3s2)cc1)C(=O)NC1CCCC1. The number of carbonyl (C=O) groups excluding carboxylic acids is 1. The average Bonchev–Trinajstić information content (AvgIpc) is 3.32. The van der Waals surface area contributed by atoms with Crippen molar-refractivity contribution in [2.45, 2.75) is 51.1 Å². The van der Waals surface area contributed by atoms with E-state index in [4.69, 9.17) is 4.98 Å². The van der Waals surface area contributed by atoms with Crippen molar-refractivity contribution in [3.63, 3.8) is 0 Å². The highest BCUT2D eigenvalue weighted by atomic mass is 32.1. The van der Waals surface area contributed by atoms with Crippen molar-refractivity contribution in [2.75, 3.05) is 5.32 Å². The summed E-state index contributed by atoms with van der Waals surface area (Å²) < 4.78 is 1.23. The average molecular weight is 380 g/mol. The predicted molar refractivity (Wildman–Crippen MR) is 112 cm³/mol. The van der Waals surface area contributed by atoms with E-state index in [1.54, 1.807) is 11.3 Å². The number of hydrogen-bond donors (Lipinski definition) is 2. The molecule has 2 aromatic carbocycles. The molecule has 0 aliphatic heterocycles. The number of benzene rings is 2. The lowest BCUT2D eigenvalue weighted by Gasteiger charge is -2.18. The molecule has 4 nitrogen and oxygen atoms in total. The van der Waals surface area contributed by atoms with Crippen LogP contribution in [-0.4, -0.2) is 23.0 Å². The van der Waals surface area contributed by atoms with E-state index >= 15 is 0 Å². The summed E-state index contributed by atoms with van der Waals surface area (Å²) in [7, 11) is 0. The van der Waals surface area contributed by atoms with Gasteiger partial charge in [0.1, 0.15) is 6.04 Å². The zero-order valence-corrected chi connectivity index (χ0v) is 16.4. The number of rotatable bonds is 6. The summed E-state index contributed by atoms with van der Waals surface area (Å²) >= 11 is 1.75. The lowest BCUT2D eigenvalue weighted by molar-refractivity contribution is -0.122. The Labute approximate surface area is 164 Å². The summed E-state index contributed by atoms with van der Waals surface area (Å²) in [5.74, 6) is 0.0838. The number of nitrogens with one attached hydrogen (secondary N) is 2. The normalized spacial score (nSPS) is 15.7. The van der Waals surface area contributed by atoms with Crippen LogP contribution in [-0.2, 0) is 11.2 Å². The van der Waals surface area contributed by atoms with Crippen LogP contribution in [0, 0.1) is 0 Å². The number of anilines is 1. The van der Waals surface area contributed by atoms with Gasteiger partial charge in [0.15, 0.2) is 0 Å². The van der Waals surface area contributed by atoms with Gasteiger partial charge in [0.05, 0.1) is 15.2 Å². The topological polar surface area (TPSA) is 54.0 Å². The second-order valence-corrected chi connectivity index (χ2v) is 8.42. The van der Waals surface area contributed by atoms with E-state index in [1.807, 2.05) is 25.1 Å². The minimum Gasteiger partial charge on any atom is -0.374 e. The molecule has 0 saturated heterocycles. The lowest BCUT2D eigenvalue weighted by atomic mass is 10.1. The first-order valence-corrected chi connectivity index (χ1v) is 10.5. The highest BCUT2D eigenvalue weighted by Gasteiger charge is 2.20. The fourth-order valence-electron chi connectivity index (χ4n) is 3.60. The smallest absolute Gasteiger partial charge is 0.242 e. The summed E-state index contributed by atoms with van der Waals surface area (Å²) in [5.41, 5.74) is 3.26. The molecule has 1 saturated carbocycles. The summed E-state index contributed by atoms with van der Waals surface area (Å²) in [5, 5.41) is 7.58. The van der Waals surface area contributed by atoms with Gasteiger partial charge in [0.2, 0.25) is 5.91 Å². The van der Waals surface area contributed by atoms with Crippen molar-refractivity contribution >= 4 is 33.1 Å². The highest BCUT2D eigenvalue weighted by molar-refractivity contribution is 7.18. The molecule has 1 amide bonds. The van der Waals surface area contributed by atoms with Crippen LogP contribution in [0.5, 0.6) is 0 Å². The summed E-state index contributed by atoms with van der Waals surface area (Å²) in [6.07, 6.45) is 5.50. The molecule has 1 atom stereocenters. The van der Waals surface area contributed by atoms with E-state index < -0.39 is 0 Å². The van der Waals surface area contributed by atoms with E-state index in [9.17, 15) is 4.79 Å². The molecule has 27 heavy (non-hydrogen) atoms. The molecule has 3 aromatic rings. The zero-order chi connectivity index (χ0) is 18.6. The molecule has 1 fully saturated rings. The maximum Gasteiger partial charge on any atom is 0.242 e. The van der Waals surface area contributed by atoms with E-state index in [2.05, 4.69) is 41.0 Å². The summed E-state index contributed by atoms with van der Waals surface area (Å²) in [6.45, 7) is 1.92. The van der Waals surface area contributed by atoms with Gasteiger partial charge in [-0.15, -0.1) is 11.3 Å². The Morgan fingerprint density at radius 1 is 1.15 bits per heavy atom. The number of fused-ring (bicyclic) bond motifs is 1. The quantitative estimate of drug-likeness (QED) is 0.650. The van der Waals surface area contributed by atoms with Crippen LogP contribution in [0.15, 0.2) is 48.5 Å². The molecule has 0 bridgehead atoms. The van der Waals surface area contributed by atoms with Crippen molar-refractivity contribution in [2.24, 2.45) is 0 Å². The fourth-order valence-corrected chi connectivity index (χ4v) is 4.60. The van der Waals surface area contributed by atoms with Gasteiger partial charge in [-0.3, -0.25) is 4.79 Å². The predicted octanol–water partition coefficient (Wildman–Crippen LogP) is 4.75. The third kappa shape index (κ3) is 4.48. The van der Waals surface area contributed by atoms with E-state index in [0.717, 1.165) is 35.5 Å². The number of amides is 1. The van der Waals surface area contributed by atoms with Crippen LogP contribution < -0.4 is 10.6 Å². The fraction of sp³-hybridized carbons (Fsp3) is 0.364. The Balaban J connectivity index is 1.34. The number of thiazole rings is 1. The second-order valence-electron chi connectivity index (χ2n) is 7.31. The Hall–Kier alpha value is -2.40. The molecule has 2 N–H and O–H groups in total. The first-order chi connectivity index (χ1) is 13.2. The molecule has 0 unspecified atom stereocenters. The molecule has 1 aliphatic rings. The van der Waals surface area contributed by atoms with Gasteiger partial charge in [0, 0.05) is 18.2 Å². The summed E-state index contributed by atoms with van der Waals surface area (Å²) in [6, 6.07) is 16.7. The van der Waals surface area contributed by atoms with E-state index in [-0.39, 0.29) is 11.9 Å². The van der Waals surface area contributed by atoms with Gasteiger partial charge in [-0.2, -0.15) is 0 Å². The van der Waals surface area contributed by atoms with Gasteiger partial charge in [-0.05, 0) is 49.6 Å². The zero-order valence-electron chi connectivity index (χ0n) is 15.6.